The lowest BCUT2D eigenvalue weighted by Gasteiger charge is -2.27. The van der Waals surface area contributed by atoms with Crippen LogP contribution < -0.4 is 0 Å². The van der Waals surface area contributed by atoms with Gasteiger partial charge in [-0.15, -0.1) is 11.8 Å². The molecule has 8 nitrogen and oxygen atoms in total. The number of pyridine rings is 2. The molecular formula is C60H40N8S. The van der Waals surface area contributed by atoms with Crippen LogP contribution in [0, 0.1) is 17.9 Å². The molecule has 9 heteroatoms. The van der Waals surface area contributed by atoms with E-state index in [9.17, 15) is 11.8 Å². The van der Waals surface area contributed by atoms with E-state index in [1.54, 1.807) is 0 Å². The number of benzene rings is 7. The number of hydrogen-bond donors (Lipinski definition) is 0. The Hall–Kier alpha value is -8.63. The number of nitriles is 1. The van der Waals surface area contributed by atoms with E-state index in [0.29, 0.717) is 11.3 Å². The van der Waals surface area contributed by atoms with Gasteiger partial charge in [0.2, 0.25) is 5.69 Å². The number of aromatic nitrogens is 6. The summed E-state index contributed by atoms with van der Waals surface area (Å²) >= 11 is 1.87. The molecule has 0 spiro atoms. The molecule has 13 aromatic rings. The van der Waals surface area contributed by atoms with Crippen LogP contribution in [-0.4, -0.2) is 28.2 Å². The lowest BCUT2D eigenvalue weighted by atomic mass is 9.84. The Morgan fingerprint density at radius 3 is 1.36 bits per heavy atom. The van der Waals surface area contributed by atoms with Crippen molar-refractivity contribution >= 4 is 105 Å². The first-order valence-corrected chi connectivity index (χ1v) is 24.0. The van der Waals surface area contributed by atoms with Crippen molar-refractivity contribution in [1.82, 2.24) is 28.2 Å². The number of rotatable bonds is 4. The van der Waals surface area contributed by atoms with Crippen LogP contribution in [0.4, 0.5) is 5.69 Å². The van der Waals surface area contributed by atoms with Crippen molar-refractivity contribution < 1.29 is 0 Å². The molecule has 1 aliphatic rings. The SMILES string of the molecule is [C-]#[N+]c1c(C#N)c(-n2c3cc4c(cc3c3ncccc32)c2ccccc2n4-c2ccccc2)c2c(c1-n1c3cc4c(cc3c3ncccc31)c1ccccc1n4-c1ccccc1)C(C)(C)SC2(C)C. The predicted molar refractivity (Wildman–Crippen MR) is 284 cm³/mol. The molecule has 14 rings (SSSR count). The minimum atomic E-state index is -0.507. The van der Waals surface area contributed by atoms with E-state index in [0.717, 1.165) is 121 Å². The maximum atomic E-state index is 11.8. The predicted octanol–water partition coefficient (Wildman–Crippen LogP) is 15.5. The Morgan fingerprint density at radius 2 is 0.884 bits per heavy atom. The first-order chi connectivity index (χ1) is 33.7. The maximum Gasteiger partial charge on any atom is 0.230 e. The zero-order valence-electron chi connectivity index (χ0n) is 38.2. The minimum Gasteiger partial charge on any atom is -0.317 e. The largest absolute Gasteiger partial charge is 0.317 e. The van der Waals surface area contributed by atoms with Crippen LogP contribution in [0.2, 0.25) is 0 Å². The highest BCUT2D eigenvalue weighted by Gasteiger charge is 2.49. The summed E-state index contributed by atoms with van der Waals surface area (Å²) < 4.78 is 8.15. The van der Waals surface area contributed by atoms with Crippen LogP contribution in [0.5, 0.6) is 0 Å². The van der Waals surface area contributed by atoms with E-state index >= 15 is 0 Å². The second-order valence-electron chi connectivity index (χ2n) is 19.1. The van der Waals surface area contributed by atoms with E-state index in [1.807, 2.05) is 48.4 Å². The van der Waals surface area contributed by atoms with Crippen LogP contribution >= 0.6 is 11.8 Å². The Labute approximate surface area is 400 Å². The van der Waals surface area contributed by atoms with E-state index in [1.165, 1.54) is 0 Å². The van der Waals surface area contributed by atoms with Gasteiger partial charge in [-0.2, -0.15) is 5.26 Å². The molecule has 0 radical (unpaired) electrons. The third-order valence-electron chi connectivity index (χ3n) is 14.5. The summed E-state index contributed by atoms with van der Waals surface area (Å²) in [6, 6.07) is 58.0. The number of nitrogens with zero attached hydrogens (tertiary/aromatic N) is 8. The van der Waals surface area contributed by atoms with Crippen molar-refractivity contribution in [2.75, 3.05) is 0 Å². The van der Waals surface area contributed by atoms with Gasteiger partial charge in [0.1, 0.15) is 0 Å². The van der Waals surface area contributed by atoms with Crippen LogP contribution in [0.25, 0.3) is 115 Å². The Bertz CT molecular complexity index is 4190. The zero-order valence-corrected chi connectivity index (χ0v) is 39.0. The molecule has 0 saturated carbocycles. The van der Waals surface area contributed by atoms with Crippen molar-refractivity contribution in [2.45, 2.75) is 37.2 Å². The molecule has 7 heterocycles. The van der Waals surface area contributed by atoms with Crippen molar-refractivity contribution in [2.24, 2.45) is 0 Å². The molecule has 0 amide bonds. The van der Waals surface area contributed by atoms with E-state index in [2.05, 4.69) is 190 Å². The van der Waals surface area contributed by atoms with Crippen LogP contribution in [0.15, 0.2) is 170 Å². The molecule has 0 aliphatic carbocycles. The molecule has 0 unspecified atom stereocenters. The van der Waals surface area contributed by atoms with E-state index in [-0.39, 0.29) is 0 Å². The molecule has 6 aromatic heterocycles. The molecule has 0 saturated heterocycles. The monoisotopic (exact) mass is 904 g/mol. The fourth-order valence-corrected chi connectivity index (χ4v) is 13.9. The standard InChI is InChI=1S/C60H40N8S/c1-59(2)52-53(60(3,4)69-59)58(68-47-27-17-29-64-55(47)42-31-40-38-23-13-15-25-45(38)66(49(40)33-51(42)68)36-20-10-7-11-21-36)56(62-5)43(34-61)57(52)67-46-26-16-28-63-54(46)41-30-39-37-22-12-14-24-44(37)65(48(39)32-50(41)67)35-18-8-6-9-19-35/h6-33H,1-4H3. The van der Waals surface area contributed by atoms with E-state index < -0.39 is 9.49 Å². The summed E-state index contributed by atoms with van der Waals surface area (Å²) in [5.74, 6) is 0. The average Bonchev–Trinajstić information content (AvgIpc) is 4.12. The molecule has 69 heavy (non-hydrogen) atoms. The van der Waals surface area contributed by atoms with Gasteiger partial charge in [0, 0.05) is 65.6 Å². The third-order valence-corrected chi connectivity index (χ3v) is 15.9. The van der Waals surface area contributed by atoms with Gasteiger partial charge < -0.3 is 18.3 Å². The van der Waals surface area contributed by atoms with Gasteiger partial charge in [-0.05, 0) is 124 Å². The fourth-order valence-electron chi connectivity index (χ4n) is 12.1. The number of fused-ring (bicyclic) bond motifs is 13. The molecule has 1 aliphatic heterocycles. The zero-order chi connectivity index (χ0) is 46.5. The van der Waals surface area contributed by atoms with Gasteiger partial charge >= 0.3 is 0 Å². The summed E-state index contributed by atoms with van der Waals surface area (Å²) in [5.41, 5.74) is 15.8. The van der Waals surface area contributed by atoms with Crippen LogP contribution in [0.3, 0.4) is 0 Å². The summed E-state index contributed by atoms with van der Waals surface area (Å²) in [4.78, 5) is 14.6. The van der Waals surface area contributed by atoms with Gasteiger partial charge in [-0.3, -0.25) is 9.97 Å². The highest BCUT2D eigenvalue weighted by molar-refractivity contribution is 8.01. The fraction of sp³-hybridized carbons (Fsp3) is 0.100. The third kappa shape index (κ3) is 5.23. The maximum absolute atomic E-state index is 11.8. The van der Waals surface area contributed by atoms with Gasteiger partial charge in [0.25, 0.3) is 0 Å². The first-order valence-electron chi connectivity index (χ1n) is 23.2. The van der Waals surface area contributed by atoms with Crippen LogP contribution in [0.1, 0.15) is 44.4 Å². The lowest BCUT2D eigenvalue weighted by Crippen LogP contribution is -2.17. The van der Waals surface area contributed by atoms with Gasteiger partial charge in [-0.1, -0.05) is 72.8 Å². The second kappa shape index (κ2) is 14.0. The Kier molecular flexibility index (Phi) is 8.00. The number of thioether (sulfide) groups is 1. The van der Waals surface area contributed by atoms with Crippen LogP contribution in [-0.2, 0) is 9.49 Å². The Morgan fingerprint density at radius 1 is 0.464 bits per heavy atom. The highest BCUT2D eigenvalue weighted by Crippen LogP contribution is 2.64. The van der Waals surface area contributed by atoms with Gasteiger partial charge in [0.05, 0.1) is 84.7 Å². The van der Waals surface area contributed by atoms with E-state index in [4.69, 9.17) is 9.97 Å². The molecule has 0 N–H and O–H groups in total. The quantitative estimate of drug-likeness (QED) is 0.165. The van der Waals surface area contributed by atoms with Crippen molar-refractivity contribution in [1.29, 1.82) is 5.26 Å². The molecular weight excluding hydrogens is 865 g/mol. The molecule has 0 fully saturated rings. The number of para-hydroxylation sites is 4. The first kappa shape index (κ1) is 39.5. The van der Waals surface area contributed by atoms with Crippen molar-refractivity contribution in [3.63, 3.8) is 0 Å². The summed E-state index contributed by atoms with van der Waals surface area (Å²) in [7, 11) is 0. The van der Waals surface area contributed by atoms with Crippen molar-refractivity contribution in [3.05, 3.63) is 198 Å². The van der Waals surface area contributed by atoms with Gasteiger partial charge in [0.15, 0.2) is 0 Å². The summed E-state index contributed by atoms with van der Waals surface area (Å²) in [5, 5.41) is 18.3. The normalized spacial score (nSPS) is 14.2. The smallest absolute Gasteiger partial charge is 0.230 e. The highest BCUT2D eigenvalue weighted by atomic mass is 32.2. The lowest BCUT2D eigenvalue weighted by molar-refractivity contribution is 0.773. The number of hydrogen-bond acceptors (Lipinski definition) is 4. The topological polar surface area (TPSA) is 73.7 Å². The molecule has 7 aromatic carbocycles. The second-order valence-corrected chi connectivity index (χ2v) is 21.3. The van der Waals surface area contributed by atoms with Gasteiger partial charge in [-0.25, -0.2) is 4.85 Å². The molecule has 0 bridgehead atoms. The Balaban J connectivity index is 1.16. The minimum absolute atomic E-state index is 0.308. The average molecular weight is 905 g/mol. The summed E-state index contributed by atoms with van der Waals surface area (Å²) in [6.45, 7) is 18.3. The molecule has 0 atom stereocenters. The van der Waals surface area contributed by atoms with Crippen molar-refractivity contribution in [3.8, 4) is 28.8 Å². The summed E-state index contributed by atoms with van der Waals surface area (Å²) in [6.07, 6.45) is 3.70. The molecule has 326 valence electrons.